The van der Waals surface area contributed by atoms with Crippen molar-refractivity contribution in [3.63, 3.8) is 0 Å². The van der Waals surface area contributed by atoms with E-state index in [2.05, 4.69) is 65.0 Å². The summed E-state index contributed by atoms with van der Waals surface area (Å²) < 4.78 is 2.92. The van der Waals surface area contributed by atoms with E-state index in [1.807, 2.05) is 30.0 Å². The normalized spacial score (nSPS) is 14.8. The maximum absolute atomic E-state index is 6.45. The Bertz CT molecular complexity index is 777. The number of nitrogens with zero attached hydrogens (tertiary/aromatic N) is 2. The molecular formula is C22H29BrClN3. The smallest absolute Gasteiger partial charge is 0.128 e. The minimum atomic E-state index is 0.400. The van der Waals surface area contributed by atoms with E-state index in [1.165, 1.54) is 0 Å². The van der Waals surface area contributed by atoms with Crippen LogP contribution in [-0.2, 0) is 0 Å². The van der Waals surface area contributed by atoms with E-state index in [-0.39, 0.29) is 0 Å². The lowest BCUT2D eigenvalue weighted by atomic mass is 10.0. The molecule has 2 rings (SSSR count). The van der Waals surface area contributed by atoms with Gasteiger partial charge in [-0.1, -0.05) is 63.1 Å². The summed E-state index contributed by atoms with van der Waals surface area (Å²) in [6, 6.07) is 0.400. The highest BCUT2D eigenvalue weighted by molar-refractivity contribution is 9.10. The Morgan fingerprint density at radius 2 is 2.11 bits per heavy atom. The van der Waals surface area contributed by atoms with Gasteiger partial charge in [0.1, 0.15) is 5.82 Å². The van der Waals surface area contributed by atoms with Crippen LogP contribution in [0.3, 0.4) is 0 Å². The van der Waals surface area contributed by atoms with Crippen LogP contribution in [0.4, 0.5) is 0 Å². The van der Waals surface area contributed by atoms with Gasteiger partial charge in [-0.25, -0.2) is 4.68 Å². The standard InChI is InChI=1S/C22H29BrClN3/c1-5-10-18(11-6-2)26-22(27-17(4)20(23)15-25-27)14-16(3)19-12-8-7-9-13-21(19)24/h7,9,12-15,18,26H,3,5-6,8,10-11H2,1-2,4H3/b22-14-. The van der Waals surface area contributed by atoms with Crippen LogP contribution in [0.5, 0.6) is 0 Å². The molecule has 0 spiro atoms. The largest absolute Gasteiger partial charge is 0.367 e. The zero-order valence-corrected chi connectivity index (χ0v) is 18.8. The van der Waals surface area contributed by atoms with E-state index in [0.29, 0.717) is 11.1 Å². The average Bonchev–Trinajstić information content (AvgIpc) is 2.82. The molecule has 3 nitrogen and oxygen atoms in total. The summed E-state index contributed by atoms with van der Waals surface area (Å²) in [5.41, 5.74) is 2.89. The summed E-state index contributed by atoms with van der Waals surface area (Å²) in [5.74, 6) is 0.928. The second-order valence-electron chi connectivity index (χ2n) is 6.76. The minimum absolute atomic E-state index is 0.400. The van der Waals surface area contributed by atoms with Crippen LogP contribution in [0.1, 0.15) is 51.6 Å². The van der Waals surface area contributed by atoms with Gasteiger partial charge < -0.3 is 5.32 Å². The van der Waals surface area contributed by atoms with Crippen molar-refractivity contribution >= 4 is 33.4 Å². The molecule has 0 radical (unpaired) electrons. The molecule has 146 valence electrons. The zero-order chi connectivity index (χ0) is 19.8. The first-order chi connectivity index (χ1) is 13.0. The van der Waals surface area contributed by atoms with Crippen LogP contribution < -0.4 is 5.32 Å². The SMILES string of the molecule is C=C(/C=C(/NC(CCC)CCC)n1ncc(Br)c1C)C1=CCC=CC=C1Cl. The molecule has 0 aromatic carbocycles. The van der Waals surface area contributed by atoms with E-state index in [0.717, 1.165) is 59.2 Å². The second-order valence-corrected chi connectivity index (χ2v) is 8.02. The van der Waals surface area contributed by atoms with Gasteiger partial charge in [0.05, 0.1) is 16.4 Å². The summed E-state index contributed by atoms with van der Waals surface area (Å²) in [6.07, 6.45) is 17.3. The second kappa shape index (κ2) is 10.7. The zero-order valence-electron chi connectivity index (χ0n) is 16.4. The summed E-state index contributed by atoms with van der Waals surface area (Å²) in [4.78, 5) is 0. The van der Waals surface area contributed by atoms with Gasteiger partial charge in [0, 0.05) is 11.1 Å². The predicted molar refractivity (Wildman–Crippen MR) is 121 cm³/mol. The molecule has 1 N–H and O–H groups in total. The first kappa shape index (κ1) is 21.8. The maximum Gasteiger partial charge on any atom is 0.128 e. The molecule has 1 aliphatic rings. The Balaban J connectivity index is 2.39. The number of halogens is 2. The number of aromatic nitrogens is 2. The molecule has 0 aliphatic heterocycles. The lowest BCUT2D eigenvalue weighted by Gasteiger charge is -2.22. The monoisotopic (exact) mass is 449 g/mol. The number of nitrogens with one attached hydrogen (secondary N) is 1. The van der Waals surface area contributed by atoms with Crippen molar-refractivity contribution < 1.29 is 0 Å². The summed E-state index contributed by atoms with van der Waals surface area (Å²) in [5, 5.41) is 8.95. The van der Waals surface area contributed by atoms with Crippen molar-refractivity contribution in [1.29, 1.82) is 0 Å². The van der Waals surface area contributed by atoms with Crippen molar-refractivity contribution in [2.24, 2.45) is 0 Å². The van der Waals surface area contributed by atoms with Gasteiger partial charge in [-0.15, -0.1) is 0 Å². The molecule has 0 unspecified atom stereocenters. The Morgan fingerprint density at radius 3 is 2.70 bits per heavy atom. The maximum atomic E-state index is 6.45. The minimum Gasteiger partial charge on any atom is -0.367 e. The van der Waals surface area contributed by atoms with Crippen LogP contribution in [-0.4, -0.2) is 15.8 Å². The van der Waals surface area contributed by atoms with Gasteiger partial charge in [0.2, 0.25) is 0 Å². The molecule has 0 amide bonds. The summed E-state index contributed by atoms with van der Waals surface area (Å²) in [7, 11) is 0. The van der Waals surface area contributed by atoms with Crippen LogP contribution >= 0.6 is 27.5 Å². The van der Waals surface area contributed by atoms with Gasteiger partial charge in [-0.3, -0.25) is 0 Å². The lowest BCUT2D eigenvalue weighted by molar-refractivity contribution is 0.489. The molecule has 0 saturated heterocycles. The molecule has 27 heavy (non-hydrogen) atoms. The van der Waals surface area contributed by atoms with Crippen molar-refractivity contribution in [2.45, 2.75) is 58.9 Å². The highest BCUT2D eigenvalue weighted by Crippen LogP contribution is 2.27. The molecule has 0 saturated carbocycles. The van der Waals surface area contributed by atoms with Crippen LogP contribution in [0.15, 0.2) is 63.8 Å². The first-order valence-corrected chi connectivity index (χ1v) is 10.8. The number of rotatable bonds is 9. The van der Waals surface area contributed by atoms with Crippen molar-refractivity contribution in [2.75, 3.05) is 0 Å². The fourth-order valence-corrected chi connectivity index (χ4v) is 3.65. The van der Waals surface area contributed by atoms with Gasteiger partial charge >= 0.3 is 0 Å². The fraction of sp³-hybridized carbons (Fsp3) is 0.409. The van der Waals surface area contributed by atoms with E-state index in [1.54, 1.807) is 0 Å². The van der Waals surface area contributed by atoms with E-state index >= 15 is 0 Å². The fourth-order valence-electron chi connectivity index (χ4n) is 3.12. The number of allylic oxidation sites excluding steroid dienone is 8. The third kappa shape index (κ3) is 5.98. The van der Waals surface area contributed by atoms with Gasteiger partial charge in [-0.05, 0) is 65.4 Å². The molecule has 0 fully saturated rings. The highest BCUT2D eigenvalue weighted by Gasteiger charge is 2.15. The molecule has 1 aromatic heterocycles. The molecule has 1 aliphatic carbocycles. The van der Waals surface area contributed by atoms with Gasteiger partial charge in [0.15, 0.2) is 0 Å². The van der Waals surface area contributed by atoms with Crippen molar-refractivity contribution in [3.05, 3.63) is 69.5 Å². The van der Waals surface area contributed by atoms with Crippen LogP contribution in [0.25, 0.3) is 5.82 Å². The Labute approximate surface area is 176 Å². The Morgan fingerprint density at radius 1 is 1.41 bits per heavy atom. The Kier molecular flexibility index (Phi) is 8.65. The summed E-state index contributed by atoms with van der Waals surface area (Å²) >= 11 is 10.0. The lowest BCUT2D eigenvalue weighted by Crippen LogP contribution is -2.30. The molecule has 1 aromatic rings. The predicted octanol–water partition coefficient (Wildman–Crippen LogP) is 6.88. The molecule has 1 heterocycles. The first-order valence-electron chi connectivity index (χ1n) is 9.58. The average molecular weight is 451 g/mol. The van der Waals surface area contributed by atoms with Crippen LogP contribution in [0.2, 0.25) is 0 Å². The van der Waals surface area contributed by atoms with Gasteiger partial charge in [-0.2, -0.15) is 5.10 Å². The highest BCUT2D eigenvalue weighted by atomic mass is 79.9. The number of hydrogen-bond acceptors (Lipinski definition) is 2. The third-order valence-electron chi connectivity index (χ3n) is 4.56. The van der Waals surface area contributed by atoms with Crippen molar-refractivity contribution in [3.8, 4) is 0 Å². The molecule has 5 heteroatoms. The summed E-state index contributed by atoms with van der Waals surface area (Å²) in [6.45, 7) is 10.8. The van der Waals surface area contributed by atoms with E-state index < -0.39 is 0 Å². The third-order valence-corrected chi connectivity index (χ3v) is 5.66. The molecule has 0 bridgehead atoms. The van der Waals surface area contributed by atoms with E-state index in [9.17, 15) is 0 Å². The van der Waals surface area contributed by atoms with Crippen LogP contribution in [0, 0.1) is 6.92 Å². The topological polar surface area (TPSA) is 29.9 Å². The Hall–Kier alpha value is -1.52. The van der Waals surface area contributed by atoms with E-state index in [4.69, 9.17) is 11.6 Å². The van der Waals surface area contributed by atoms with Crippen molar-refractivity contribution in [1.82, 2.24) is 15.1 Å². The quantitative estimate of drug-likeness (QED) is 0.416. The molecule has 0 atom stereocenters. The number of hydrogen-bond donors (Lipinski definition) is 1. The van der Waals surface area contributed by atoms with Gasteiger partial charge in [0.25, 0.3) is 0 Å². The molecular weight excluding hydrogens is 422 g/mol.